The molecule has 1 aromatic carbocycles. The van der Waals surface area contributed by atoms with Crippen molar-refractivity contribution in [1.82, 2.24) is 24.5 Å². The van der Waals surface area contributed by atoms with Crippen LogP contribution in [-0.2, 0) is 16.1 Å². The number of hydrogen-bond donors (Lipinski definition) is 1. The standard InChI is InChI=1S/C16H13ClN6O3S/c1-8(24)25-6-5-23-14-11(13(18)19-7-20-14)22-15(23)27-16-21-10-4-2-3-9(17)12(10)26-16/h2-4,7H,5-6H2,1H3,(H2,18,19,20). The van der Waals surface area contributed by atoms with E-state index in [-0.39, 0.29) is 18.4 Å². The second kappa shape index (κ2) is 7.05. The number of carbonyl (C=O) groups excluding carboxylic acids is 1. The van der Waals surface area contributed by atoms with E-state index < -0.39 is 0 Å². The Bertz CT molecular complexity index is 1160. The van der Waals surface area contributed by atoms with Crippen molar-refractivity contribution in [2.75, 3.05) is 12.3 Å². The number of hydrogen-bond acceptors (Lipinski definition) is 9. The highest BCUT2D eigenvalue weighted by atomic mass is 35.5. The molecule has 4 aromatic rings. The van der Waals surface area contributed by atoms with Crippen molar-refractivity contribution in [3.63, 3.8) is 0 Å². The van der Waals surface area contributed by atoms with Gasteiger partial charge in [-0.25, -0.2) is 19.9 Å². The summed E-state index contributed by atoms with van der Waals surface area (Å²) in [6.07, 6.45) is 1.36. The minimum absolute atomic E-state index is 0.164. The van der Waals surface area contributed by atoms with E-state index in [9.17, 15) is 4.79 Å². The number of fused-ring (bicyclic) bond motifs is 2. The molecule has 0 aliphatic heterocycles. The second-order valence-corrected chi connectivity index (χ2v) is 6.81. The smallest absolute Gasteiger partial charge is 0.302 e. The summed E-state index contributed by atoms with van der Waals surface area (Å²) in [5, 5.41) is 1.38. The number of aromatic nitrogens is 5. The molecule has 138 valence electrons. The predicted molar refractivity (Wildman–Crippen MR) is 99.5 cm³/mol. The average Bonchev–Trinajstić information content (AvgIpc) is 3.18. The van der Waals surface area contributed by atoms with Crippen LogP contribution in [0.5, 0.6) is 0 Å². The lowest BCUT2D eigenvalue weighted by Crippen LogP contribution is -2.10. The number of carbonyl (C=O) groups is 1. The van der Waals surface area contributed by atoms with E-state index in [0.717, 1.165) is 0 Å². The fraction of sp³-hybridized carbons (Fsp3) is 0.188. The van der Waals surface area contributed by atoms with Gasteiger partial charge in [0.25, 0.3) is 5.22 Å². The molecule has 0 amide bonds. The number of halogens is 1. The maximum atomic E-state index is 11.1. The number of anilines is 1. The van der Waals surface area contributed by atoms with Gasteiger partial charge in [-0.3, -0.25) is 9.36 Å². The van der Waals surface area contributed by atoms with E-state index in [1.165, 1.54) is 25.0 Å². The van der Waals surface area contributed by atoms with Gasteiger partial charge in [0, 0.05) is 18.7 Å². The Morgan fingerprint density at radius 1 is 1.37 bits per heavy atom. The summed E-state index contributed by atoms with van der Waals surface area (Å²) in [5.74, 6) is -0.106. The van der Waals surface area contributed by atoms with E-state index in [1.54, 1.807) is 16.7 Å². The lowest BCUT2D eigenvalue weighted by Gasteiger charge is -2.07. The molecule has 0 bridgehead atoms. The molecule has 0 aliphatic carbocycles. The Balaban J connectivity index is 1.73. The molecule has 0 aliphatic rings. The molecular weight excluding hydrogens is 392 g/mol. The topological polar surface area (TPSA) is 122 Å². The van der Waals surface area contributed by atoms with E-state index in [1.807, 2.05) is 6.07 Å². The zero-order chi connectivity index (χ0) is 19.0. The number of nitrogens with two attached hydrogens (primary N) is 1. The number of esters is 1. The molecule has 9 nitrogen and oxygen atoms in total. The number of nitrogen functional groups attached to an aromatic ring is 1. The van der Waals surface area contributed by atoms with Gasteiger partial charge < -0.3 is 14.9 Å². The van der Waals surface area contributed by atoms with Crippen LogP contribution in [0.1, 0.15) is 6.92 Å². The Morgan fingerprint density at radius 3 is 3.00 bits per heavy atom. The van der Waals surface area contributed by atoms with E-state index in [2.05, 4.69) is 19.9 Å². The molecular formula is C16H13ClN6O3S. The first-order valence-electron chi connectivity index (χ1n) is 7.86. The Labute approximate surface area is 161 Å². The highest BCUT2D eigenvalue weighted by Gasteiger charge is 2.19. The SMILES string of the molecule is CC(=O)OCCn1c(Sc2nc3cccc(Cl)c3o2)nc2c(N)ncnc21. The third kappa shape index (κ3) is 3.40. The van der Waals surface area contributed by atoms with Gasteiger partial charge in [-0.15, -0.1) is 0 Å². The van der Waals surface area contributed by atoms with Crippen molar-refractivity contribution in [2.24, 2.45) is 0 Å². The Kier molecular flexibility index (Phi) is 4.58. The van der Waals surface area contributed by atoms with Crippen LogP contribution in [0.3, 0.4) is 0 Å². The summed E-state index contributed by atoms with van der Waals surface area (Å²) in [4.78, 5) is 28.2. The van der Waals surface area contributed by atoms with Crippen LogP contribution in [-0.4, -0.2) is 37.1 Å². The van der Waals surface area contributed by atoms with Crippen molar-refractivity contribution >= 4 is 57.4 Å². The fourth-order valence-electron chi connectivity index (χ4n) is 2.51. The van der Waals surface area contributed by atoms with Gasteiger partial charge in [0.05, 0.1) is 11.6 Å². The molecule has 0 atom stereocenters. The first kappa shape index (κ1) is 17.6. The number of benzene rings is 1. The maximum Gasteiger partial charge on any atom is 0.302 e. The molecule has 3 aromatic heterocycles. The molecule has 2 N–H and O–H groups in total. The van der Waals surface area contributed by atoms with Gasteiger partial charge in [0.2, 0.25) is 0 Å². The zero-order valence-corrected chi connectivity index (χ0v) is 15.6. The van der Waals surface area contributed by atoms with Crippen LogP contribution in [0.2, 0.25) is 5.02 Å². The lowest BCUT2D eigenvalue weighted by molar-refractivity contribution is -0.141. The molecule has 0 fully saturated rings. The lowest BCUT2D eigenvalue weighted by atomic mass is 10.3. The van der Waals surface area contributed by atoms with E-state index >= 15 is 0 Å². The Morgan fingerprint density at radius 2 is 2.22 bits per heavy atom. The van der Waals surface area contributed by atoms with Crippen molar-refractivity contribution in [3.8, 4) is 0 Å². The molecule has 4 rings (SSSR count). The van der Waals surface area contributed by atoms with Gasteiger partial charge in [0.15, 0.2) is 27.7 Å². The van der Waals surface area contributed by atoms with Crippen molar-refractivity contribution < 1.29 is 13.9 Å². The number of para-hydroxylation sites is 1. The fourth-order valence-corrected chi connectivity index (χ4v) is 3.57. The summed E-state index contributed by atoms with van der Waals surface area (Å²) in [6.45, 7) is 1.86. The minimum atomic E-state index is -0.364. The Hall–Kier alpha value is -2.85. The first-order chi connectivity index (χ1) is 13.0. The second-order valence-electron chi connectivity index (χ2n) is 5.49. The van der Waals surface area contributed by atoms with Crippen LogP contribution >= 0.6 is 23.4 Å². The third-order valence-corrected chi connectivity index (χ3v) is 4.81. The molecule has 27 heavy (non-hydrogen) atoms. The summed E-state index contributed by atoms with van der Waals surface area (Å²) in [5.41, 5.74) is 8.05. The minimum Gasteiger partial charge on any atom is -0.464 e. The highest BCUT2D eigenvalue weighted by molar-refractivity contribution is 7.99. The van der Waals surface area contributed by atoms with Crippen molar-refractivity contribution in [1.29, 1.82) is 0 Å². The van der Waals surface area contributed by atoms with Gasteiger partial charge in [0.1, 0.15) is 18.5 Å². The first-order valence-corrected chi connectivity index (χ1v) is 9.05. The third-order valence-electron chi connectivity index (χ3n) is 3.67. The zero-order valence-electron chi connectivity index (χ0n) is 14.0. The van der Waals surface area contributed by atoms with E-state index in [0.29, 0.717) is 44.2 Å². The summed E-state index contributed by atoms with van der Waals surface area (Å²) in [6, 6.07) is 5.34. The summed E-state index contributed by atoms with van der Waals surface area (Å²) < 4.78 is 12.6. The van der Waals surface area contributed by atoms with Crippen molar-refractivity contribution in [2.45, 2.75) is 23.8 Å². The molecule has 11 heteroatoms. The van der Waals surface area contributed by atoms with Gasteiger partial charge >= 0.3 is 5.97 Å². The van der Waals surface area contributed by atoms with Gasteiger partial charge in [-0.2, -0.15) is 0 Å². The monoisotopic (exact) mass is 404 g/mol. The largest absolute Gasteiger partial charge is 0.464 e. The molecule has 3 heterocycles. The maximum absolute atomic E-state index is 11.1. The molecule has 0 spiro atoms. The normalized spacial score (nSPS) is 11.3. The number of ether oxygens (including phenoxy) is 1. The average molecular weight is 405 g/mol. The number of imidazole rings is 1. The van der Waals surface area contributed by atoms with Crippen LogP contribution in [0, 0.1) is 0 Å². The van der Waals surface area contributed by atoms with Gasteiger partial charge in [-0.1, -0.05) is 17.7 Å². The predicted octanol–water partition coefficient (Wildman–Crippen LogP) is 2.92. The van der Waals surface area contributed by atoms with Crippen LogP contribution < -0.4 is 5.73 Å². The van der Waals surface area contributed by atoms with Gasteiger partial charge in [-0.05, 0) is 12.1 Å². The summed E-state index contributed by atoms with van der Waals surface area (Å²) >= 11 is 7.33. The molecule has 0 unspecified atom stereocenters. The van der Waals surface area contributed by atoms with Crippen molar-refractivity contribution in [3.05, 3.63) is 29.5 Å². The number of rotatable bonds is 5. The number of nitrogens with zero attached hydrogens (tertiary/aromatic N) is 5. The van der Waals surface area contributed by atoms with E-state index in [4.69, 9.17) is 26.5 Å². The van der Waals surface area contributed by atoms with Crippen LogP contribution in [0.15, 0.2) is 39.3 Å². The number of oxazole rings is 1. The highest BCUT2D eigenvalue weighted by Crippen LogP contribution is 2.34. The molecule has 0 saturated carbocycles. The summed E-state index contributed by atoms with van der Waals surface area (Å²) in [7, 11) is 0. The quantitative estimate of drug-likeness (QED) is 0.500. The van der Waals surface area contributed by atoms with Crippen LogP contribution in [0.4, 0.5) is 5.82 Å². The van der Waals surface area contributed by atoms with Crippen LogP contribution in [0.25, 0.3) is 22.3 Å². The molecule has 0 saturated heterocycles. The molecule has 0 radical (unpaired) electrons.